The van der Waals surface area contributed by atoms with Gasteiger partial charge in [-0.2, -0.15) is 4.31 Å². The molecule has 1 aliphatic carbocycles. The molecule has 3 atom stereocenters. The van der Waals surface area contributed by atoms with Crippen LogP contribution >= 0.6 is 11.6 Å². The van der Waals surface area contributed by atoms with Gasteiger partial charge in [0.15, 0.2) is 0 Å². The molecular weight excluding hydrogens is 424 g/mol. The van der Waals surface area contributed by atoms with Crippen LogP contribution in [0.25, 0.3) is 11.1 Å². The van der Waals surface area contributed by atoms with Crippen LogP contribution in [-0.4, -0.2) is 36.4 Å². The second kappa shape index (κ2) is 8.67. The van der Waals surface area contributed by atoms with Crippen LogP contribution in [0, 0.1) is 11.8 Å². The monoisotopic (exact) mass is 448 g/mol. The first-order valence-electron chi connectivity index (χ1n) is 10.2. The highest BCUT2D eigenvalue weighted by Crippen LogP contribution is 2.42. The number of amides is 1. The third-order valence-electron chi connectivity index (χ3n) is 6.42. The Hall–Kier alpha value is -1.93. The predicted molar refractivity (Wildman–Crippen MR) is 115 cm³/mol. The summed E-state index contributed by atoms with van der Waals surface area (Å²) in [5.74, 6) is -0.393. The summed E-state index contributed by atoms with van der Waals surface area (Å²) in [7, 11) is -3.88. The maximum atomic E-state index is 13.4. The summed E-state index contributed by atoms with van der Waals surface area (Å²) in [5, 5.41) is 9.92. The van der Waals surface area contributed by atoms with Gasteiger partial charge in [0.2, 0.25) is 10.0 Å². The van der Waals surface area contributed by atoms with E-state index in [2.05, 4.69) is 0 Å². The summed E-state index contributed by atoms with van der Waals surface area (Å²) >= 11 is 5.93. The van der Waals surface area contributed by atoms with E-state index >= 15 is 0 Å². The van der Waals surface area contributed by atoms with Gasteiger partial charge in [-0.25, -0.2) is 13.9 Å². The molecule has 0 spiro atoms. The summed E-state index contributed by atoms with van der Waals surface area (Å²) in [6.07, 6.45) is 4.61. The number of fused-ring (bicyclic) bond motifs is 1. The summed E-state index contributed by atoms with van der Waals surface area (Å²) in [5.41, 5.74) is 3.51. The molecule has 3 unspecified atom stereocenters. The average Bonchev–Trinajstić information content (AvgIpc) is 2.78. The fourth-order valence-corrected chi connectivity index (χ4v) is 6.69. The van der Waals surface area contributed by atoms with Crippen LogP contribution in [0.15, 0.2) is 53.4 Å². The summed E-state index contributed by atoms with van der Waals surface area (Å²) < 4.78 is 28.1. The predicted octanol–water partition coefficient (Wildman–Crippen LogP) is 4.08. The van der Waals surface area contributed by atoms with E-state index in [1.165, 1.54) is 4.31 Å². The molecule has 0 bridgehead atoms. The van der Waals surface area contributed by atoms with Crippen molar-refractivity contribution < 1.29 is 18.4 Å². The van der Waals surface area contributed by atoms with Gasteiger partial charge in [0.1, 0.15) is 6.04 Å². The van der Waals surface area contributed by atoms with Crippen molar-refractivity contribution in [3.63, 3.8) is 0 Å². The Morgan fingerprint density at radius 3 is 2.20 bits per heavy atom. The van der Waals surface area contributed by atoms with Crippen LogP contribution in [0.1, 0.15) is 32.1 Å². The number of hydrogen-bond donors (Lipinski definition) is 2. The number of halogens is 1. The number of hydroxylamine groups is 1. The fraction of sp³-hybridized carbons (Fsp3) is 0.409. The molecule has 1 saturated carbocycles. The second-order valence-corrected chi connectivity index (χ2v) is 10.4. The quantitative estimate of drug-likeness (QED) is 0.545. The van der Waals surface area contributed by atoms with Gasteiger partial charge in [-0.1, -0.05) is 55.1 Å². The zero-order chi connectivity index (χ0) is 21.3. The standard InChI is InChI=1S/C22H25ClN2O4S/c23-18-9-5-15(6-10-18)16-7-11-19(12-8-16)30(28,29)25-14-13-17-3-1-2-4-20(17)21(25)22(26)24-27/h5-12,17,20-21,27H,1-4,13-14H2,(H,24,26). The Bertz CT molecular complexity index is 1010. The molecule has 1 heterocycles. The smallest absolute Gasteiger partial charge is 0.262 e. The highest BCUT2D eigenvalue weighted by atomic mass is 35.5. The molecule has 2 fully saturated rings. The maximum absolute atomic E-state index is 13.4. The molecule has 2 aromatic rings. The molecule has 2 aliphatic rings. The Balaban J connectivity index is 1.64. The molecule has 8 heteroatoms. The van der Waals surface area contributed by atoms with Crippen molar-refractivity contribution >= 4 is 27.5 Å². The van der Waals surface area contributed by atoms with Crippen LogP contribution in [0.3, 0.4) is 0 Å². The lowest BCUT2D eigenvalue weighted by atomic mass is 9.71. The molecule has 0 radical (unpaired) electrons. The molecule has 160 valence electrons. The minimum absolute atomic E-state index is 0.0669. The van der Waals surface area contributed by atoms with E-state index in [4.69, 9.17) is 11.6 Å². The molecule has 0 aromatic heterocycles. The van der Waals surface area contributed by atoms with Crippen molar-refractivity contribution in [2.24, 2.45) is 11.8 Å². The minimum atomic E-state index is -3.88. The molecule has 2 aromatic carbocycles. The number of hydrogen-bond acceptors (Lipinski definition) is 4. The average molecular weight is 449 g/mol. The lowest BCUT2D eigenvalue weighted by molar-refractivity contribution is -0.138. The molecular formula is C22H25ClN2O4S. The zero-order valence-electron chi connectivity index (χ0n) is 16.5. The van der Waals surface area contributed by atoms with Crippen molar-refractivity contribution in [2.75, 3.05) is 6.54 Å². The van der Waals surface area contributed by atoms with Gasteiger partial charge >= 0.3 is 0 Å². The third-order valence-corrected chi connectivity index (χ3v) is 8.57. The molecule has 4 rings (SSSR count). The number of rotatable bonds is 4. The van der Waals surface area contributed by atoms with E-state index in [0.717, 1.165) is 43.2 Å². The van der Waals surface area contributed by atoms with Gasteiger partial charge in [0.05, 0.1) is 4.90 Å². The Labute approximate surface area is 181 Å². The lowest BCUT2D eigenvalue weighted by Crippen LogP contribution is -2.58. The number of nitrogens with one attached hydrogen (secondary N) is 1. The van der Waals surface area contributed by atoms with E-state index in [-0.39, 0.29) is 17.4 Å². The van der Waals surface area contributed by atoms with Crippen molar-refractivity contribution in [1.82, 2.24) is 9.79 Å². The van der Waals surface area contributed by atoms with E-state index in [1.807, 2.05) is 12.1 Å². The minimum Gasteiger partial charge on any atom is -0.289 e. The third kappa shape index (κ3) is 3.99. The van der Waals surface area contributed by atoms with E-state index < -0.39 is 22.0 Å². The highest BCUT2D eigenvalue weighted by molar-refractivity contribution is 7.89. The topological polar surface area (TPSA) is 86.7 Å². The number of nitrogens with zero attached hydrogens (tertiary/aromatic N) is 1. The summed E-state index contributed by atoms with van der Waals surface area (Å²) in [4.78, 5) is 12.6. The Morgan fingerprint density at radius 2 is 1.57 bits per heavy atom. The molecule has 1 aliphatic heterocycles. The first-order valence-corrected chi connectivity index (χ1v) is 12.1. The number of benzene rings is 2. The van der Waals surface area contributed by atoms with Crippen molar-refractivity contribution in [1.29, 1.82) is 0 Å². The van der Waals surface area contributed by atoms with Crippen LogP contribution in [0.2, 0.25) is 5.02 Å². The van der Waals surface area contributed by atoms with Gasteiger partial charge in [0.25, 0.3) is 5.91 Å². The molecule has 6 nitrogen and oxygen atoms in total. The fourth-order valence-electron chi connectivity index (χ4n) is 4.91. The van der Waals surface area contributed by atoms with Crippen molar-refractivity contribution in [3.8, 4) is 11.1 Å². The van der Waals surface area contributed by atoms with E-state index in [0.29, 0.717) is 10.9 Å². The Morgan fingerprint density at radius 1 is 0.967 bits per heavy atom. The number of carbonyl (C=O) groups excluding carboxylic acids is 1. The molecule has 2 N–H and O–H groups in total. The number of carbonyl (C=O) groups is 1. The van der Waals surface area contributed by atoms with Crippen LogP contribution in [-0.2, 0) is 14.8 Å². The summed E-state index contributed by atoms with van der Waals surface area (Å²) in [6, 6.07) is 13.1. The SMILES string of the molecule is O=C(NO)C1C2CCCCC2CCN1S(=O)(=O)c1ccc(-c2ccc(Cl)cc2)cc1. The Kier molecular flexibility index (Phi) is 6.16. The van der Waals surface area contributed by atoms with Gasteiger partial charge in [0, 0.05) is 11.6 Å². The van der Waals surface area contributed by atoms with E-state index in [9.17, 15) is 18.4 Å². The van der Waals surface area contributed by atoms with Crippen molar-refractivity contribution in [2.45, 2.75) is 43.0 Å². The van der Waals surface area contributed by atoms with Gasteiger partial charge < -0.3 is 0 Å². The molecule has 1 saturated heterocycles. The van der Waals surface area contributed by atoms with Gasteiger partial charge in [-0.3, -0.25) is 10.0 Å². The van der Waals surface area contributed by atoms with Gasteiger partial charge in [-0.15, -0.1) is 0 Å². The first-order chi connectivity index (χ1) is 14.4. The van der Waals surface area contributed by atoms with Crippen molar-refractivity contribution in [3.05, 3.63) is 53.6 Å². The van der Waals surface area contributed by atoms with Crippen LogP contribution in [0.5, 0.6) is 0 Å². The first kappa shape index (κ1) is 21.3. The second-order valence-electron chi connectivity index (χ2n) is 8.06. The maximum Gasteiger partial charge on any atom is 0.262 e. The van der Waals surface area contributed by atoms with E-state index in [1.54, 1.807) is 41.9 Å². The van der Waals surface area contributed by atoms with Crippen LogP contribution < -0.4 is 5.48 Å². The normalized spacial score (nSPS) is 24.8. The summed E-state index contributed by atoms with van der Waals surface area (Å²) in [6.45, 7) is 0.278. The molecule has 1 amide bonds. The molecule has 30 heavy (non-hydrogen) atoms. The highest BCUT2D eigenvalue weighted by Gasteiger charge is 2.47. The lowest BCUT2D eigenvalue weighted by Gasteiger charge is -2.45. The largest absolute Gasteiger partial charge is 0.289 e. The number of sulfonamides is 1. The van der Waals surface area contributed by atoms with Crippen LogP contribution in [0.4, 0.5) is 0 Å². The number of piperidine rings is 1. The zero-order valence-corrected chi connectivity index (χ0v) is 18.1. The van der Waals surface area contributed by atoms with Gasteiger partial charge in [-0.05, 0) is 60.1 Å².